The molecule has 8 heteroatoms. The zero-order valence-corrected chi connectivity index (χ0v) is 23.8. The van der Waals surface area contributed by atoms with Crippen molar-refractivity contribution in [1.82, 2.24) is 14.8 Å². The first kappa shape index (κ1) is 32.4. The Hall–Kier alpha value is -1.60. The van der Waals surface area contributed by atoms with Gasteiger partial charge in [0.1, 0.15) is 5.75 Å². The van der Waals surface area contributed by atoms with Crippen molar-refractivity contribution < 1.29 is 4.74 Å². The number of nitrogens with zero attached hydrogens (tertiary/aromatic N) is 3. The minimum absolute atomic E-state index is 0. The number of piperidine rings is 1. The molecule has 1 saturated heterocycles. The van der Waals surface area contributed by atoms with Crippen molar-refractivity contribution in [2.24, 2.45) is 5.73 Å². The molecular formula is C28H41Cl3N4O. The molecule has 0 radical (unpaired) electrons. The summed E-state index contributed by atoms with van der Waals surface area (Å²) in [4.78, 5) is 9.96. The summed E-state index contributed by atoms with van der Waals surface area (Å²) in [6, 6.07) is 18.5. The number of methoxy groups -OCH3 is 1. The Kier molecular flexibility index (Phi) is 14.7. The molecule has 4 rings (SSSR count). The Bertz CT molecular complexity index is 1030. The van der Waals surface area contributed by atoms with Crippen LogP contribution in [-0.2, 0) is 0 Å². The summed E-state index contributed by atoms with van der Waals surface area (Å²) in [7, 11) is 3.90. The highest BCUT2D eigenvalue weighted by atomic mass is 35.5. The summed E-state index contributed by atoms with van der Waals surface area (Å²) in [5, 5.41) is 1.15. The molecule has 0 aliphatic carbocycles. The van der Waals surface area contributed by atoms with Crippen LogP contribution in [0.2, 0.25) is 0 Å². The van der Waals surface area contributed by atoms with E-state index in [0.717, 1.165) is 47.4 Å². The SMILES string of the molecule is COc1ccc(-c2cc(C(N)CCN(C)CCCN3CCCCC3)c3ccccc3n2)cc1.Cl.Cl.Cl. The van der Waals surface area contributed by atoms with Crippen LogP contribution in [0.4, 0.5) is 0 Å². The van der Waals surface area contributed by atoms with Crippen molar-refractivity contribution in [3.63, 3.8) is 0 Å². The molecule has 36 heavy (non-hydrogen) atoms. The number of para-hydroxylation sites is 1. The molecule has 0 spiro atoms. The minimum atomic E-state index is -0.0283. The van der Waals surface area contributed by atoms with E-state index in [1.807, 2.05) is 18.2 Å². The Balaban J connectivity index is 0.00000216. The van der Waals surface area contributed by atoms with Gasteiger partial charge < -0.3 is 20.3 Å². The van der Waals surface area contributed by atoms with Crippen LogP contribution in [0.15, 0.2) is 54.6 Å². The molecule has 0 saturated carbocycles. The van der Waals surface area contributed by atoms with Gasteiger partial charge in [-0.15, -0.1) is 37.2 Å². The quantitative estimate of drug-likeness (QED) is 0.315. The van der Waals surface area contributed by atoms with E-state index >= 15 is 0 Å². The minimum Gasteiger partial charge on any atom is -0.497 e. The summed E-state index contributed by atoms with van der Waals surface area (Å²) < 4.78 is 5.31. The number of halogens is 3. The lowest BCUT2D eigenvalue weighted by atomic mass is 9.97. The van der Waals surface area contributed by atoms with Gasteiger partial charge in [-0.2, -0.15) is 0 Å². The number of rotatable bonds is 10. The van der Waals surface area contributed by atoms with Crippen molar-refractivity contribution in [2.45, 2.75) is 38.1 Å². The normalized spacial score (nSPS) is 14.4. The lowest BCUT2D eigenvalue weighted by Crippen LogP contribution is -2.33. The lowest BCUT2D eigenvalue weighted by molar-refractivity contribution is 0.211. The van der Waals surface area contributed by atoms with Crippen LogP contribution >= 0.6 is 37.2 Å². The van der Waals surface area contributed by atoms with Crippen molar-refractivity contribution in [3.05, 3.63) is 60.2 Å². The maximum Gasteiger partial charge on any atom is 0.118 e. The molecule has 5 nitrogen and oxygen atoms in total. The van der Waals surface area contributed by atoms with Gasteiger partial charge in [-0.25, -0.2) is 4.98 Å². The number of likely N-dealkylation sites (tertiary alicyclic amines) is 1. The Morgan fingerprint density at radius 3 is 2.36 bits per heavy atom. The van der Waals surface area contributed by atoms with E-state index in [0.29, 0.717) is 0 Å². The van der Waals surface area contributed by atoms with E-state index in [4.69, 9.17) is 15.5 Å². The predicted octanol–water partition coefficient (Wildman–Crippen LogP) is 6.37. The summed E-state index contributed by atoms with van der Waals surface area (Å²) in [5.41, 5.74) is 11.0. The lowest BCUT2D eigenvalue weighted by Gasteiger charge is -2.27. The van der Waals surface area contributed by atoms with E-state index in [9.17, 15) is 0 Å². The number of hydrogen-bond acceptors (Lipinski definition) is 5. The number of nitrogens with two attached hydrogens (primary N) is 1. The first-order chi connectivity index (χ1) is 16.1. The maximum absolute atomic E-state index is 6.76. The van der Waals surface area contributed by atoms with Crippen LogP contribution in [0, 0.1) is 0 Å². The summed E-state index contributed by atoms with van der Waals surface area (Å²) in [5.74, 6) is 0.847. The van der Waals surface area contributed by atoms with E-state index < -0.39 is 0 Å². The van der Waals surface area contributed by atoms with Crippen LogP contribution in [-0.4, -0.2) is 61.7 Å². The number of pyridine rings is 1. The Morgan fingerprint density at radius 1 is 0.972 bits per heavy atom. The molecule has 2 aromatic carbocycles. The fraction of sp³-hybridized carbons (Fsp3) is 0.464. The van der Waals surface area contributed by atoms with Crippen LogP contribution in [0.3, 0.4) is 0 Å². The fourth-order valence-electron chi connectivity index (χ4n) is 4.79. The van der Waals surface area contributed by atoms with Crippen molar-refractivity contribution in [2.75, 3.05) is 46.9 Å². The average Bonchev–Trinajstić information content (AvgIpc) is 2.87. The van der Waals surface area contributed by atoms with Crippen LogP contribution < -0.4 is 10.5 Å². The highest BCUT2D eigenvalue weighted by molar-refractivity contribution is 5.86. The molecule has 2 N–H and O–H groups in total. The number of hydrogen-bond donors (Lipinski definition) is 1. The average molecular weight is 556 g/mol. The summed E-state index contributed by atoms with van der Waals surface area (Å²) in [6.07, 6.45) is 6.28. The molecule has 0 bridgehead atoms. The van der Waals surface area contributed by atoms with E-state index in [1.54, 1.807) is 7.11 Å². The Morgan fingerprint density at radius 2 is 1.67 bits per heavy atom. The monoisotopic (exact) mass is 554 g/mol. The molecule has 1 aliphatic rings. The van der Waals surface area contributed by atoms with Gasteiger partial charge in [0.15, 0.2) is 0 Å². The Labute approximate surface area is 235 Å². The fourth-order valence-corrected chi connectivity index (χ4v) is 4.79. The highest BCUT2D eigenvalue weighted by Crippen LogP contribution is 2.30. The van der Waals surface area contributed by atoms with E-state index in [1.165, 1.54) is 50.9 Å². The third kappa shape index (κ3) is 8.76. The first-order valence-corrected chi connectivity index (χ1v) is 12.3. The molecule has 1 aromatic heterocycles. The van der Waals surface area contributed by atoms with Crippen molar-refractivity contribution in [1.29, 1.82) is 0 Å². The summed E-state index contributed by atoms with van der Waals surface area (Å²) >= 11 is 0. The summed E-state index contributed by atoms with van der Waals surface area (Å²) in [6.45, 7) is 5.89. The van der Waals surface area contributed by atoms with Gasteiger partial charge in [-0.05, 0) is 107 Å². The van der Waals surface area contributed by atoms with Gasteiger partial charge in [0.2, 0.25) is 0 Å². The molecule has 1 aliphatic heterocycles. The van der Waals surface area contributed by atoms with Crippen molar-refractivity contribution in [3.8, 4) is 17.0 Å². The topological polar surface area (TPSA) is 54.6 Å². The van der Waals surface area contributed by atoms with Gasteiger partial charge in [-0.1, -0.05) is 24.6 Å². The molecular weight excluding hydrogens is 515 g/mol. The van der Waals surface area contributed by atoms with Crippen molar-refractivity contribution >= 4 is 48.1 Å². The molecule has 3 aromatic rings. The second-order valence-corrected chi connectivity index (χ2v) is 9.30. The van der Waals surface area contributed by atoms with E-state index in [2.05, 4.69) is 53.2 Å². The van der Waals surface area contributed by atoms with Gasteiger partial charge in [-0.3, -0.25) is 0 Å². The van der Waals surface area contributed by atoms with Crippen LogP contribution in [0.5, 0.6) is 5.75 Å². The zero-order valence-electron chi connectivity index (χ0n) is 21.4. The van der Waals surface area contributed by atoms with Crippen LogP contribution in [0.1, 0.15) is 43.7 Å². The number of aromatic nitrogens is 1. The number of ether oxygens (including phenoxy) is 1. The zero-order chi connectivity index (χ0) is 23.0. The maximum atomic E-state index is 6.76. The second-order valence-electron chi connectivity index (χ2n) is 9.30. The molecule has 200 valence electrons. The molecule has 1 unspecified atom stereocenters. The first-order valence-electron chi connectivity index (χ1n) is 12.3. The van der Waals surface area contributed by atoms with Gasteiger partial charge in [0.25, 0.3) is 0 Å². The van der Waals surface area contributed by atoms with Gasteiger partial charge in [0.05, 0.1) is 18.3 Å². The molecule has 2 heterocycles. The second kappa shape index (κ2) is 16.3. The molecule has 1 atom stereocenters. The van der Waals surface area contributed by atoms with Gasteiger partial charge >= 0.3 is 0 Å². The van der Waals surface area contributed by atoms with Crippen LogP contribution in [0.25, 0.3) is 22.2 Å². The van der Waals surface area contributed by atoms with Gasteiger partial charge in [0, 0.05) is 17.0 Å². The largest absolute Gasteiger partial charge is 0.497 e. The number of benzene rings is 2. The standard InChI is InChI=1S/C28H38N4O.3ClH/c1-31(16-8-19-32-17-6-3-7-18-32)20-15-26(29)25-21-28(22-11-13-23(33-2)14-12-22)30-27-10-5-4-9-24(25)27;;;/h4-5,9-14,21,26H,3,6-8,15-20,29H2,1-2H3;3*1H. The smallest absolute Gasteiger partial charge is 0.118 e. The third-order valence-corrected chi connectivity index (χ3v) is 6.82. The molecule has 1 fully saturated rings. The third-order valence-electron chi connectivity index (χ3n) is 6.82. The predicted molar refractivity (Wildman–Crippen MR) is 159 cm³/mol. The number of fused-ring (bicyclic) bond motifs is 1. The van der Waals surface area contributed by atoms with E-state index in [-0.39, 0.29) is 43.3 Å². The molecule has 0 amide bonds. The highest BCUT2D eigenvalue weighted by Gasteiger charge is 2.15.